The van der Waals surface area contributed by atoms with E-state index in [-0.39, 0.29) is 11.4 Å². The number of nitrogens with zero attached hydrogens (tertiary/aromatic N) is 4. The Morgan fingerprint density at radius 1 is 1.40 bits per heavy atom. The Hall–Kier alpha value is -1.95. The Bertz CT molecular complexity index is 538. The molecule has 20 heavy (non-hydrogen) atoms. The largest absolute Gasteiger partial charge is 0.370 e. The first kappa shape index (κ1) is 14.5. The van der Waals surface area contributed by atoms with Crippen molar-refractivity contribution in [3.8, 4) is 0 Å². The van der Waals surface area contributed by atoms with Crippen LogP contribution in [0.4, 0.5) is 10.6 Å². The third kappa shape index (κ3) is 2.27. The predicted octanol–water partition coefficient (Wildman–Crippen LogP) is 1.52. The van der Waals surface area contributed by atoms with Gasteiger partial charge in [0.05, 0.1) is 11.7 Å². The molecule has 2 rings (SSSR count). The minimum absolute atomic E-state index is 0.158. The highest BCUT2D eigenvalue weighted by molar-refractivity contribution is 5.94. The zero-order chi connectivity index (χ0) is 15.1. The van der Waals surface area contributed by atoms with E-state index >= 15 is 0 Å². The van der Waals surface area contributed by atoms with Crippen LogP contribution in [0.5, 0.6) is 0 Å². The number of rotatable bonds is 2. The van der Waals surface area contributed by atoms with Crippen LogP contribution in [-0.2, 0) is 5.41 Å². The number of carbonyl (C=O) groups is 1. The van der Waals surface area contributed by atoms with Crippen LogP contribution < -0.4 is 4.90 Å². The first-order valence-corrected chi connectivity index (χ1v) is 6.46. The van der Waals surface area contributed by atoms with Gasteiger partial charge in [-0.3, -0.25) is 0 Å². The van der Waals surface area contributed by atoms with Crippen molar-refractivity contribution < 1.29 is 9.90 Å². The molecule has 1 aromatic heterocycles. The van der Waals surface area contributed by atoms with E-state index < -0.39 is 12.3 Å². The van der Waals surface area contributed by atoms with Crippen molar-refractivity contribution in [3.63, 3.8) is 0 Å². The molecule has 2 amide bonds. The number of hydrogen-bond donors (Lipinski definition) is 1. The lowest BCUT2D eigenvalue weighted by atomic mass is 9.92. The monoisotopic (exact) mass is 276 g/mol. The van der Waals surface area contributed by atoms with Crippen molar-refractivity contribution in [1.82, 2.24) is 14.9 Å². The summed E-state index contributed by atoms with van der Waals surface area (Å²) in [6.45, 7) is 9.73. The highest BCUT2D eigenvalue weighted by Gasteiger charge is 2.43. The van der Waals surface area contributed by atoms with E-state index in [1.165, 1.54) is 16.1 Å². The first-order chi connectivity index (χ1) is 9.27. The Morgan fingerprint density at radius 3 is 2.55 bits per heavy atom. The van der Waals surface area contributed by atoms with E-state index in [2.05, 4.69) is 16.5 Å². The third-order valence-electron chi connectivity index (χ3n) is 3.43. The van der Waals surface area contributed by atoms with Crippen molar-refractivity contribution in [3.05, 3.63) is 30.7 Å². The van der Waals surface area contributed by atoms with Gasteiger partial charge in [-0.05, 0) is 0 Å². The Kier molecular flexibility index (Phi) is 3.52. The van der Waals surface area contributed by atoms with Crippen LogP contribution in [0, 0.1) is 0 Å². The summed E-state index contributed by atoms with van der Waals surface area (Å²) in [5.74, 6) is 0.402. The molecular weight excluding hydrogens is 256 g/mol. The number of aromatic nitrogens is 2. The summed E-state index contributed by atoms with van der Waals surface area (Å²) < 4.78 is 0. The van der Waals surface area contributed by atoms with E-state index in [4.69, 9.17) is 0 Å². The van der Waals surface area contributed by atoms with Crippen LogP contribution in [0.1, 0.15) is 26.5 Å². The summed E-state index contributed by atoms with van der Waals surface area (Å²) >= 11 is 0. The first-order valence-electron chi connectivity index (χ1n) is 6.46. The second-order valence-corrected chi connectivity index (χ2v) is 5.91. The van der Waals surface area contributed by atoms with Gasteiger partial charge in [0, 0.05) is 18.5 Å². The van der Waals surface area contributed by atoms with E-state index in [9.17, 15) is 9.90 Å². The molecule has 0 spiro atoms. The minimum Gasteiger partial charge on any atom is -0.370 e. The Labute approximate surface area is 118 Å². The second kappa shape index (κ2) is 4.86. The fourth-order valence-electron chi connectivity index (χ4n) is 2.17. The topological polar surface area (TPSA) is 69.6 Å². The summed E-state index contributed by atoms with van der Waals surface area (Å²) in [6, 6.07) is 0.983. The zero-order valence-corrected chi connectivity index (χ0v) is 12.2. The molecule has 1 fully saturated rings. The molecular formula is C14H20N4O2. The standard InChI is InChI=1S/C14H20N4O2/c1-6-9-12(19)18(13(20)17(9)5)11-7-10(14(2,3)4)15-8-16-11/h6-9,12,19H,1H2,2-5H3. The molecule has 1 saturated heterocycles. The van der Waals surface area contributed by atoms with Gasteiger partial charge in [-0.1, -0.05) is 26.8 Å². The minimum atomic E-state index is -0.993. The molecule has 0 aliphatic carbocycles. The lowest BCUT2D eigenvalue weighted by molar-refractivity contribution is 0.151. The van der Waals surface area contributed by atoms with E-state index in [1.807, 2.05) is 20.8 Å². The van der Waals surface area contributed by atoms with Gasteiger partial charge in [0.1, 0.15) is 12.1 Å². The lowest BCUT2D eigenvalue weighted by Crippen LogP contribution is -2.36. The van der Waals surface area contributed by atoms with E-state index in [0.717, 1.165) is 5.69 Å². The number of aliphatic hydroxyl groups is 1. The van der Waals surface area contributed by atoms with Crippen molar-refractivity contribution in [1.29, 1.82) is 0 Å². The van der Waals surface area contributed by atoms with Gasteiger partial charge >= 0.3 is 6.03 Å². The molecule has 0 aromatic carbocycles. The average Bonchev–Trinajstić information content (AvgIpc) is 2.59. The SMILES string of the molecule is C=CC1C(O)N(c2cc(C(C)(C)C)ncn2)C(=O)N1C. The molecule has 0 radical (unpaired) electrons. The van der Waals surface area contributed by atoms with E-state index in [1.54, 1.807) is 19.2 Å². The van der Waals surface area contributed by atoms with Gasteiger partial charge in [-0.25, -0.2) is 19.7 Å². The number of hydrogen-bond acceptors (Lipinski definition) is 4. The molecule has 2 unspecified atom stereocenters. The van der Waals surface area contributed by atoms with Crippen LogP contribution in [0.2, 0.25) is 0 Å². The highest BCUT2D eigenvalue weighted by Crippen LogP contribution is 2.28. The molecule has 1 N–H and O–H groups in total. The van der Waals surface area contributed by atoms with Crippen molar-refractivity contribution in [2.75, 3.05) is 11.9 Å². The number of likely N-dealkylation sites (N-methyl/N-ethyl adjacent to an activating group) is 1. The maximum absolute atomic E-state index is 12.2. The van der Waals surface area contributed by atoms with Crippen molar-refractivity contribution >= 4 is 11.8 Å². The van der Waals surface area contributed by atoms with Gasteiger partial charge in [-0.2, -0.15) is 0 Å². The fraction of sp³-hybridized carbons (Fsp3) is 0.500. The summed E-state index contributed by atoms with van der Waals surface area (Å²) in [6.07, 6.45) is 1.97. The van der Waals surface area contributed by atoms with Gasteiger partial charge in [-0.15, -0.1) is 6.58 Å². The van der Waals surface area contributed by atoms with Crippen LogP contribution >= 0.6 is 0 Å². The maximum Gasteiger partial charge on any atom is 0.328 e. The molecule has 108 valence electrons. The second-order valence-electron chi connectivity index (χ2n) is 5.91. The predicted molar refractivity (Wildman–Crippen MR) is 76.4 cm³/mol. The number of anilines is 1. The Morgan fingerprint density at radius 2 is 2.05 bits per heavy atom. The van der Waals surface area contributed by atoms with E-state index in [0.29, 0.717) is 5.82 Å². The number of carbonyl (C=O) groups excluding carboxylic acids is 1. The number of amides is 2. The van der Waals surface area contributed by atoms with Gasteiger partial charge < -0.3 is 10.0 Å². The molecule has 2 atom stereocenters. The summed E-state index contributed by atoms with van der Waals surface area (Å²) in [5, 5.41) is 10.3. The smallest absolute Gasteiger partial charge is 0.328 e. The van der Waals surface area contributed by atoms with Crippen molar-refractivity contribution in [2.45, 2.75) is 38.5 Å². The molecule has 6 nitrogen and oxygen atoms in total. The molecule has 1 aliphatic heterocycles. The van der Waals surface area contributed by atoms with Crippen LogP contribution in [-0.4, -0.2) is 45.3 Å². The molecule has 2 heterocycles. The van der Waals surface area contributed by atoms with Crippen molar-refractivity contribution in [2.24, 2.45) is 0 Å². The quantitative estimate of drug-likeness (QED) is 0.831. The van der Waals surface area contributed by atoms with Crippen LogP contribution in [0.3, 0.4) is 0 Å². The molecule has 0 bridgehead atoms. The summed E-state index contributed by atoms with van der Waals surface area (Å²) in [7, 11) is 1.63. The molecule has 1 aromatic rings. The summed E-state index contributed by atoms with van der Waals surface area (Å²) in [4.78, 5) is 23.3. The zero-order valence-electron chi connectivity index (χ0n) is 12.2. The fourth-order valence-corrected chi connectivity index (χ4v) is 2.17. The number of urea groups is 1. The average molecular weight is 276 g/mol. The normalized spacial score (nSPS) is 23.4. The lowest BCUT2D eigenvalue weighted by Gasteiger charge is -2.22. The van der Waals surface area contributed by atoms with Crippen LogP contribution in [0.25, 0.3) is 0 Å². The third-order valence-corrected chi connectivity index (χ3v) is 3.43. The molecule has 0 saturated carbocycles. The number of aliphatic hydroxyl groups excluding tert-OH is 1. The highest BCUT2D eigenvalue weighted by atomic mass is 16.3. The maximum atomic E-state index is 12.2. The van der Waals surface area contributed by atoms with Crippen LogP contribution in [0.15, 0.2) is 25.0 Å². The van der Waals surface area contributed by atoms with Gasteiger partial charge in [0.15, 0.2) is 6.23 Å². The van der Waals surface area contributed by atoms with Gasteiger partial charge in [0.25, 0.3) is 0 Å². The Balaban J connectivity index is 2.42. The summed E-state index contributed by atoms with van der Waals surface area (Å²) in [5.41, 5.74) is 0.655. The molecule has 1 aliphatic rings. The molecule has 6 heteroatoms. The van der Waals surface area contributed by atoms with Gasteiger partial charge in [0.2, 0.25) is 0 Å².